The Morgan fingerprint density at radius 2 is 1.89 bits per heavy atom. The SMILES string of the molecule is CN[C@@H](C)C(=O)N[C@H](C(=O)N1CCC[C@H]1c1ccnc(NCc2ccccc2F)c1)C1CCCCC1. The summed E-state index contributed by atoms with van der Waals surface area (Å²) in [5, 5.41) is 9.27. The number of benzene rings is 1. The van der Waals surface area contributed by atoms with Crippen LogP contribution in [0.1, 0.15) is 69.0 Å². The summed E-state index contributed by atoms with van der Waals surface area (Å²) in [6.07, 6.45) is 8.80. The Kier molecular flexibility index (Phi) is 8.91. The Morgan fingerprint density at radius 3 is 2.64 bits per heavy atom. The number of halogens is 1. The van der Waals surface area contributed by atoms with E-state index in [4.69, 9.17) is 0 Å². The standard InChI is InChI=1S/C28H38FN5O2/c1-19(30-2)27(35)33-26(20-9-4-3-5-10-20)28(36)34-16-8-13-24(34)21-14-15-31-25(17-21)32-18-22-11-6-7-12-23(22)29/h6-7,11-12,14-15,17,19-20,24,26,30H,3-5,8-10,13,16,18H2,1-2H3,(H,31,32)(H,33,35)/t19-,24-,26-/m0/s1. The van der Waals surface area contributed by atoms with Gasteiger partial charge in [0.25, 0.3) is 0 Å². The van der Waals surface area contributed by atoms with E-state index in [9.17, 15) is 14.0 Å². The van der Waals surface area contributed by atoms with Crippen LogP contribution in [0, 0.1) is 11.7 Å². The minimum Gasteiger partial charge on any atom is -0.366 e. The summed E-state index contributed by atoms with van der Waals surface area (Å²) >= 11 is 0. The van der Waals surface area contributed by atoms with E-state index in [2.05, 4.69) is 20.9 Å². The number of anilines is 1. The first-order valence-electron chi connectivity index (χ1n) is 13.2. The van der Waals surface area contributed by atoms with E-state index in [1.807, 2.05) is 30.0 Å². The monoisotopic (exact) mass is 495 g/mol. The van der Waals surface area contributed by atoms with Gasteiger partial charge in [-0.3, -0.25) is 9.59 Å². The average Bonchev–Trinajstić information content (AvgIpc) is 3.41. The highest BCUT2D eigenvalue weighted by atomic mass is 19.1. The fourth-order valence-corrected chi connectivity index (χ4v) is 5.39. The first-order chi connectivity index (χ1) is 17.5. The van der Waals surface area contributed by atoms with Gasteiger partial charge in [0.2, 0.25) is 11.8 Å². The number of likely N-dealkylation sites (N-methyl/N-ethyl adjacent to an activating group) is 1. The molecule has 1 aliphatic carbocycles. The molecule has 3 atom stereocenters. The van der Waals surface area contributed by atoms with Crippen molar-refractivity contribution >= 4 is 17.6 Å². The van der Waals surface area contributed by atoms with Gasteiger partial charge in [0.05, 0.1) is 12.1 Å². The molecule has 1 aromatic heterocycles. The Balaban J connectivity index is 1.50. The number of nitrogens with zero attached hydrogens (tertiary/aromatic N) is 2. The third kappa shape index (κ3) is 6.22. The van der Waals surface area contributed by atoms with E-state index in [0.29, 0.717) is 24.5 Å². The van der Waals surface area contributed by atoms with Crippen molar-refractivity contribution in [2.75, 3.05) is 18.9 Å². The van der Waals surface area contributed by atoms with E-state index in [-0.39, 0.29) is 35.6 Å². The summed E-state index contributed by atoms with van der Waals surface area (Å²) in [5.41, 5.74) is 1.58. The van der Waals surface area contributed by atoms with Crippen LogP contribution in [0.3, 0.4) is 0 Å². The average molecular weight is 496 g/mol. The van der Waals surface area contributed by atoms with Crippen molar-refractivity contribution in [3.63, 3.8) is 0 Å². The molecule has 1 aliphatic heterocycles. The molecule has 0 unspecified atom stereocenters. The highest BCUT2D eigenvalue weighted by Gasteiger charge is 2.39. The molecular weight excluding hydrogens is 457 g/mol. The molecule has 4 rings (SSSR count). The largest absolute Gasteiger partial charge is 0.366 e. The molecule has 2 aliphatic rings. The second-order valence-corrected chi connectivity index (χ2v) is 10.0. The summed E-state index contributed by atoms with van der Waals surface area (Å²) in [5.74, 6) is 0.433. The molecule has 2 fully saturated rings. The summed E-state index contributed by atoms with van der Waals surface area (Å²) < 4.78 is 14.0. The maximum Gasteiger partial charge on any atom is 0.245 e. The molecule has 2 amide bonds. The van der Waals surface area contributed by atoms with Gasteiger partial charge in [-0.1, -0.05) is 37.5 Å². The van der Waals surface area contributed by atoms with Crippen molar-refractivity contribution in [1.29, 1.82) is 0 Å². The van der Waals surface area contributed by atoms with Gasteiger partial charge in [0, 0.05) is 24.8 Å². The van der Waals surface area contributed by atoms with Gasteiger partial charge in [-0.05, 0) is 69.3 Å². The molecule has 7 nitrogen and oxygen atoms in total. The quantitative estimate of drug-likeness (QED) is 0.486. The van der Waals surface area contributed by atoms with Gasteiger partial charge >= 0.3 is 0 Å². The van der Waals surface area contributed by atoms with E-state index < -0.39 is 6.04 Å². The van der Waals surface area contributed by atoms with Crippen molar-refractivity contribution in [3.05, 3.63) is 59.5 Å². The number of pyridine rings is 1. The normalized spacial score (nSPS) is 20.1. The Morgan fingerprint density at radius 1 is 1.11 bits per heavy atom. The lowest BCUT2D eigenvalue weighted by atomic mass is 9.83. The highest BCUT2D eigenvalue weighted by molar-refractivity contribution is 5.90. The summed E-state index contributed by atoms with van der Waals surface area (Å²) in [6.45, 7) is 2.81. The predicted molar refractivity (Wildman–Crippen MR) is 139 cm³/mol. The lowest BCUT2D eigenvalue weighted by molar-refractivity contribution is -0.139. The van der Waals surface area contributed by atoms with Crippen LogP contribution < -0.4 is 16.0 Å². The fraction of sp³-hybridized carbons (Fsp3) is 0.536. The Bertz CT molecular complexity index is 1040. The molecule has 36 heavy (non-hydrogen) atoms. The van der Waals surface area contributed by atoms with Crippen molar-refractivity contribution in [2.45, 2.75) is 76.5 Å². The number of carbonyl (C=O) groups excluding carboxylic acids is 2. The first-order valence-corrected chi connectivity index (χ1v) is 13.2. The number of hydrogen-bond donors (Lipinski definition) is 3. The van der Waals surface area contributed by atoms with E-state index >= 15 is 0 Å². The van der Waals surface area contributed by atoms with Crippen molar-refractivity contribution in [2.24, 2.45) is 5.92 Å². The molecule has 194 valence electrons. The Hall–Kier alpha value is -3.00. The van der Waals surface area contributed by atoms with Crippen LogP contribution in [0.15, 0.2) is 42.6 Å². The molecule has 0 spiro atoms. The summed E-state index contributed by atoms with van der Waals surface area (Å²) in [4.78, 5) is 33.0. The van der Waals surface area contributed by atoms with E-state index in [1.165, 1.54) is 12.5 Å². The molecule has 1 saturated carbocycles. The molecule has 0 bridgehead atoms. The maximum absolute atomic E-state index is 14.0. The molecule has 2 heterocycles. The molecule has 1 aromatic carbocycles. The smallest absolute Gasteiger partial charge is 0.245 e. The summed E-state index contributed by atoms with van der Waals surface area (Å²) in [7, 11) is 1.75. The summed E-state index contributed by atoms with van der Waals surface area (Å²) in [6, 6.07) is 9.64. The topological polar surface area (TPSA) is 86.4 Å². The van der Waals surface area contributed by atoms with Crippen molar-refractivity contribution < 1.29 is 14.0 Å². The number of carbonyl (C=O) groups is 2. The molecule has 1 saturated heterocycles. The lowest BCUT2D eigenvalue weighted by Gasteiger charge is -2.35. The van der Waals surface area contributed by atoms with Crippen LogP contribution in [-0.4, -0.2) is 47.4 Å². The number of likely N-dealkylation sites (tertiary alicyclic amines) is 1. The minimum atomic E-state index is -0.505. The van der Waals surface area contributed by atoms with Gasteiger partial charge in [-0.2, -0.15) is 0 Å². The molecular formula is C28H38FN5O2. The van der Waals surface area contributed by atoms with E-state index in [0.717, 1.165) is 44.1 Å². The number of nitrogens with one attached hydrogen (secondary N) is 3. The van der Waals surface area contributed by atoms with Gasteiger partial charge in [0.15, 0.2) is 0 Å². The second-order valence-electron chi connectivity index (χ2n) is 10.0. The van der Waals surface area contributed by atoms with Gasteiger partial charge < -0.3 is 20.9 Å². The Labute approximate surface area is 213 Å². The molecule has 0 radical (unpaired) electrons. The van der Waals surface area contributed by atoms with Crippen LogP contribution in [-0.2, 0) is 16.1 Å². The second kappa shape index (κ2) is 12.3. The fourth-order valence-electron chi connectivity index (χ4n) is 5.39. The molecule has 3 N–H and O–H groups in total. The predicted octanol–water partition coefficient (Wildman–Crippen LogP) is 4.17. The number of hydrogen-bond acceptors (Lipinski definition) is 5. The molecule has 2 aromatic rings. The first kappa shape index (κ1) is 26.1. The van der Waals surface area contributed by atoms with Gasteiger partial charge in [-0.15, -0.1) is 0 Å². The lowest BCUT2D eigenvalue weighted by Crippen LogP contribution is -2.55. The zero-order valence-electron chi connectivity index (χ0n) is 21.3. The molecule has 8 heteroatoms. The highest BCUT2D eigenvalue weighted by Crippen LogP contribution is 2.35. The van der Waals surface area contributed by atoms with Crippen LogP contribution >= 0.6 is 0 Å². The van der Waals surface area contributed by atoms with Crippen LogP contribution in [0.25, 0.3) is 0 Å². The van der Waals surface area contributed by atoms with Gasteiger partial charge in [0.1, 0.15) is 17.7 Å². The van der Waals surface area contributed by atoms with Crippen LogP contribution in [0.2, 0.25) is 0 Å². The number of aromatic nitrogens is 1. The maximum atomic E-state index is 14.0. The zero-order chi connectivity index (χ0) is 25.5. The van der Waals surface area contributed by atoms with Crippen LogP contribution in [0.5, 0.6) is 0 Å². The minimum absolute atomic E-state index is 0.0127. The third-order valence-corrected chi connectivity index (χ3v) is 7.63. The van der Waals surface area contributed by atoms with Crippen LogP contribution in [0.4, 0.5) is 10.2 Å². The van der Waals surface area contributed by atoms with E-state index in [1.54, 1.807) is 25.4 Å². The van der Waals surface area contributed by atoms with Crippen molar-refractivity contribution in [3.8, 4) is 0 Å². The third-order valence-electron chi connectivity index (χ3n) is 7.63. The van der Waals surface area contributed by atoms with Gasteiger partial charge in [-0.25, -0.2) is 9.37 Å². The number of amides is 2. The number of rotatable bonds is 9. The van der Waals surface area contributed by atoms with Crippen molar-refractivity contribution in [1.82, 2.24) is 20.5 Å². The zero-order valence-corrected chi connectivity index (χ0v) is 21.3.